The maximum absolute atomic E-state index is 13.2. The van der Waals surface area contributed by atoms with Crippen LogP contribution in [0.3, 0.4) is 0 Å². The molecular formula is C22H20F3N5O3. The fourth-order valence-corrected chi connectivity index (χ4v) is 3.66. The molecule has 3 aromatic rings. The predicted molar refractivity (Wildman–Crippen MR) is 113 cm³/mol. The van der Waals surface area contributed by atoms with Crippen LogP contribution >= 0.6 is 0 Å². The lowest BCUT2D eigenvalue weighted by atomic mass is 10.1. The van der Waals surface area contributed by atoms with Gasteiger partial charge in [-0.05, 0) is 42.8 Å². The highest BCUT2D eigenvalue weighted by atomic mass is 19.4. The number of methoxy groups -OCH3 is 1. The third-order valence-electron chi connectivity index (χ3n) is 5.23. The van der Waals surface area contributed by atoms with Crippen molar-refractivity contribution in [2.75, 3.05) is 23.9 Å². The molecule has 1 N–H and O–H groups in total. The van der Waals surface area contributed by atoms with Gasteiger partial charge in [-0.15, -0.1) is 0 Å². The lowest BCUT2D eigenvalue weighted by molar-refractivity contribution is -0.137. The first kappa shape index (κ1) is 22.5. The van der Waals surface area contributed by atoms with Crippen LogP contribution in [0.1, 0.15) is 44.9 Å². The van der Waals surface area contributed by atoms with E-state index in [0.29, 0.717) is 11.3 Å². The number of benzene rings is 1. The number of nitrogens with one attached hydrogen (secondary N) is 1. The summed E-state index contributed by atoms with van der Waals surface area (Å²) in [5.41, 5.74) is 0.849. The Bertz CT molecular complexity index is 1190. The van der Waals surface area contributed by atoms with Crippen molar-refractivity contribution in [3.05, 3.63) is 71.3 Å². The number of amides is 2. The number of halogens is 3. The van der Waals surface area contributed by atoms with Gasteiger partial charge in [0.15, 0.2) is 5.69 Å². The summed E-state index contributed by atoms with van der Waals surface area (Å²) in [4.78, 5) is 31.4. The van der Waals surface area contributed by atoms with Crippen molar-refractivity contribution in [3.8, 4) is 0 Å². The number of carbonyl (C=O) groups excluding carboxylic acids is 2. The lowest BCUT2D eigenvalue weighted by Gasteiger charge is -2.32. The summed E-state index contributed by atoms with van der Waals surface area (Å²) in [6.07, 6.45) is -0.119. The molecular weight excluding hydrogens is 439 g/mol. The molecule has 3 heterocycles. The maximum atomic E-state index is 13.2. The number of pyridine rings is 1. The summed E-state index contributed by atoms with van der Waals surface area (Å²) in [7, 11) is 1.53. The number of aromatic nitrogens is 3. The van der Waals surface area contributed by atoms with Gasteiger partial charge in [0.05, 0.1) is 35.7 Å². The molecule has 2 aromatic heterocycles. The highest BCUT2D eigenvalue weighted by molar-refractivity contribution is 6.13. The van der Waals surface area contributed by atoms with Gasteiger partial charge in [0.25, 0.3) is 11.8 Å². The monoisotopic (exact) mass is 459 g/mol. The minimum Gasteiger partial charge on any atom is -0.380 e. The van der Waals surface area contributed by atoms with E-state index in [9.17, 15) is 22.8 Å². The number of fused-ring (bicyclic) bond motifs is 1. The Morgan fingerprint density at radius 1 is 1.21 bits per heavy atom. The molecule has 172 valence electrons. The first-order chi connectivity index (χ1) is 15.7. The summed E-state index contributed by atoms with van der Waals surface area (Å²) >= 11 is 0. The van der Waals surface area contributed by atoms with Crippen LogP contribution in [0.2, 0.25) is 0 Å². The normalized spacial score (nSPS) is 16.0. The molecule has 0 unspecified atom stereocenters. The smallest absolute Gasteiger partial charge is 0.380 e. The second kappa shape index (κ2) is 8.66. The number of nitrogens with zero attached hydrogens (tertiary/aromatic N) is 4. The standard InChI is InChI=1S/C22H20F3N5O3/c1-13-11-29(17-5-3-16(4-6-17)22(23,24)25)21(32)19-18(10-27-30(13)19)28-20(31)15-7-14(12-33-2)8-26-9-15/h3-10,13H,11-12H2,1-2H3,(H,28,31)/t13-/m0/s1. The fourth-order valence-electron chi connectivity index (χ4n) is 3.66. The number of alkyl halides is 3. The molecule has 1 atom stereocenters. The minimum atomic E-state index is -4.47. The quantitative estimate of drug-likeness (QED) is 0.625. The Morgan fingerprint density at radius 3 is 2.61 bits per heavy atom. The Balaban J connectivity index is 1.60. The van der Waals surface area contributed by atoms with E-state index in [0.717, 1.165) is 12.1 Å². The number of rotatable bonds is 5. The first-order valence-electron chi connectivity index (χ1n) is 10.00. The molecule has 0 spiro atoms. The van der Waals surface area contributed by atoms with Crippen LogP contribution in [-0.2, 0) is 17.5 Å². The van der Waals surface area contributed by atoms with Crippen LogP contribution in [0.4, 0.5) is 24.5 Å². The third kappa shape index (κ3) is 4.44. The average Bonchev–Trinajstić information content (AvgIpc) is 3.21. The highest BCUT2D eigenvalue weighted by Gasteiger charge is 2.35. The number of anilines is 2. The van der Waals surface area contributed by atoms with Gasteiger partial charge >= 0.3 is 6.18 Å². The Kier molecular flexibility index (Phi) is 5.90. The van der Waals surface area contributed by atoms with Crippen molar-refractivity contribution in [3.63, 3.8) is 0 Å². The van der Waals surface area contributed by atoms with Gasteiger partial charge < -0.3 is 15.0 Å². The van der Waals surface area contributed by atoms with Gasteiger partial charge in [-0.1, -0.05) is 0 Å². The molecule has 1 aromatic carbocycles. The average molecular weight is 459 g/mol. The third-order valence-corrected chi connectivity index (χ3v) is 5.23. The van der Waals surface area contributed by atoms with E-state index >= 15 is 0 Å². The van der Waals surface area contributed by atoms with Crippen LogP contribution in [0.5, 0.6) is 0 Å². The van der Waals surface area contributed by atoms with Crippen LogP contribution in [-0.4, -0.2) is 40.2 Å². The largest absolute Gasteiger partial charge is 0.416 e. The van der Waals surface area contributed by atoms with Gasteiger partial charge in [0, 0.05) is 31.7 Å². The molecule has 11 heteroatoms. The van der Waals surface area contributed by atoms with E-state index in [1.54, 1.807) is 12.3 Å². The van der Waals surface area contributed by atoms with E-state index in [1.165, 1.54) is 41.2 Å². The molecule has 1 aliphatic heterocycles. The second-order valence-corrected chi connectivity index (χ2v) is 7.63. The van der Waals surface area contributed by atoms with Gasteiger partial charge in [-0.2, -0.15) is 18.3 Å². The van der Waals surface area contributed by atoms with Crippen molar-refractivity contribution in [2.24, 2.45) is 0 Å². The van der Waals surface area contributed by atoms with Crippen LogP contribution in [0.15, 0.2) is 48.9 Å². The SMILES string of the molecule is COCc1cncc(C(=O)Nc2cnn3c2C(=O)N(c2ccc(C(F)(F)F)cc2)C[C@@H]3C)c1. The minimum absolute atomic E-state index is 0.142. The van der Waals surface area contributed by atoms with E-state index in [-0.39, 0.29) is 36.1 Å². The molecule has 0 bridgehead atoms. The van der Waals surface area contributed by atoms with Crippen molar-refractivity contribution < 1.29 is 27.5 Å². The molecule has 1 aliphatic rings. The zero-order valence-corrected chi connectivity index (χ0v) is 17.8. The molecule has 0 saturated heterocycles. The number of hydrogen-bond acceptors (Lipinski definition) is 5. The molecule has 4 rings (SSSR count). The van der Waals surface area contributed by atoms with E-state index in [4.69, 9.17) is 4.74 Å². The van der Waals surface area contributed by atoms with Crippen molar-refractivity contribution in [2.45, 2.75) is 25.7 Å². The summed E-state index contributed by atoms with van der Waals surface area (Å²) in [6, 6.07) is 5.73. The van der Waals surface area contributed by atoms with Crippen LogP contribution < -0.4 is 10.2 Å². The second-order valence-electron chi connectivity index (χ2n) is 7.63. The lowest BCUT2D eigenvalue weighted by Crippen LogP contribution is -2.43. The van der Waals surface area contributed by atoms with Gasteiger partial charge in [-0.3, -0.25) is 19.3 Å². The predicted octanol–water partition coefficient (Wildman–Crippen LogP) is 3.92. The fraction of sp³-hybridized carbons (Fsp3) is 0.273. The van der Waals surface area contributed by atoms with Crippen molar-refractivity contribution in [1.29, 1.82) is 0 Å². The molecule has 33 heavy (non-hydrogen) atoms. The molecule has 0 saturated carbocycles. The molecule has 8 nitrogen and oxygen atoms in total. The van der Waals surface area contributed by atoms with E-state index in [2.05, 4.69) is 15.4 Å². The summed E-state index contributed by atoms with van der Waals surface area (Å²) < 4.78 is 45.2. The molecule has 0 fully saturated rings. The highest BCUT2D eigenvalue weighted by Crippen LogP contribution is 2.33. The number of carbonyl (C=O) groups is 2. The Labute approximate surface area is 187 Å². The number of ether oxygens (including phenoxy) is 1. The zero-order chi connectivity index (χ0) is 23.8. The van der Waals surface area contributed by atoms with Crippen LogP contribution in [0.25, 0.3) is 0 Å². The zero-order valence-electron chi connectivity index (χ0n) is 17.8. The van der Waals surface area contributed by atoms with E-state index < -0.39 is 23.6 Å². The first-order valence-corrected chi connectivity index (χ1v) is 10.00. The topological polar surface area (TPSA) is 89.3 Å². The van der Waals surface area contributed by atoms with Crippen LogP contribution in [0, 0.1) is 0 Å². The van der Waals surface area contributed by atoms with Gasteiger partial charge in [0.2, 0.25) is 0 Å². The summed E-state index contributed by atoms with van der Waals surface area (Å²) in [5.74, 6) is -0.963. The van der Waals surface area contributed by atoms with Gasteiger partial charge in [-0.25, -0.2) is 0 Å². The molecule has 2 amide bonds. The number of hydrogen-bond donors (Lipinski definition) is 1. The Morgan fingerprint density at radius 2 is 1.94 bits per heavy atom. The van der Waals surface area contributed by atoms with E-state index in [1.807, 2.05) is 6.92 Å². The Hall–Kier alpha value is -3.73. The molecule has 0 radical (unpaired) electrons. The van der Waals surface area contributed by atoms with Crippen molar-refractivity contribution in [1.82, 2.24) is 14.8 Å². The maximum Gasteiger partial charge on any atom is 0.416 e. The molecule has 0 aliphatic carbocycles. The summed E-state index contributed by atoms with van der Waals surface area (Å²) in [5, 5.41) is 6.91. The summed E-state index contributed by atoms with van der Waals surface area (Å²) in [6.45, 7) is 2.33. The van der Waals surface area contributed by atoms with Gasteiger partial charge in [0.1, 0.15) is 0 Å². The van der Waals surface area contributed by atoms with Crippen molar-refractivity contribution >= 4 is 23.2 Å².